The van der Waals surface area contributed by atoms with E-state index in [9.17, 15) is 13.2 Å². The van der Waals surface area contributed by atoms with Crippen molar-refractivity contribution < 1.29 is 13.2 Å². The zero-order valence-corrected chi connectivity index (χ0v) is 11.6. The van der Waals surface area contributed by atoms with E-state index in [4.69, 9.17) is 5.73 Å². The Balaban J connectivity index is 3.04. The van der Waals surface area contributed by atoms with Crippen LogP contribution in [0.3, 0.4) is 0 Å². The first kappa shape index (κ1) is 15.0. The monoisotopic (exact) mass is 280 g/mol. The Bertz CT molecular complexity index is 614. The molecule has 19 heavy (non-hydrogen) atoms. The van der Waals surface area contributed by atoms with E-state index in [1.165, 1.54) is 24.3 Å². The van der Waals surface area contributed by atoms with Crippen molar-refractivity contribution in [2.45, 2.75) is 18.7 Å². The Kier molecular flexibility index (Phi) is 4.88. The average Bonchev–Trinajstić information content (AvgIpc) is 2.38. The normalized spacial score (nSPS) is 12.6. The number of benzene rings is 1. The highest BCUT2D eigenvalue weighted by Crippen LogP contribution is 2.12. The van der Waals surface area contributed by atoms with Crippen LogP contribution in [0.5, 0.6) is 0 Å². The molecule has 0 heterocycles. The van der Waals surface area contributed by atoms with Crippen molar-refractivity contribution in [3.63, 3.8) is 0 Å². The third kappa shape index (κ3) is 3.96. The summed E-state index contributed by atoms with van der Waals surface area (Å²) in [5, 5.41) is 0. The first-order valence-electron chi connectivity index (χ1n) is 5.62. The summed E-state index contributed by atoms with van der Waals surface area (Å²) < 4.78 is 26.6. The summed E-state index contributed by atoms with van der Waals surface area (Å²) in [6, 6.07) is 5.43. The lowest BCUT2D eigenvalue weighted by Gasteiger charge is -2.08. The number of sulfonamides is 1. The number of primary amides is 1. The first-order valence-corrected chi connectivity index (χ1v) is 7.10. The van der Waals surface area contributed by atoms with Gasteiger partial charge in [0.15, 0.2) is 0 Å². The molecule has 1 aromatic rings. The van der Waals surface area contributed by atoms with Gasteiger partial charge in [0.2, 0.25) is 5.91 Å². The molecule has 0 aliphatic heterocycles. The van der Waals surface area contributed by atoms with E-state index in [1.54, 1.807) is 32.1 Å². The van der Waals surface area contributed by atoms with Crippen LogP contribution in [0.1, 0.15) is 24.2 Å². The zero-order chi connectivity index (χ0) is 14.5. The Morgan fingerprint density at radius 2 is 1.79 bits per heavy atom. The van der Waals surface area contributed by atoms with Crippen molar-refractivity contribution in [2.75, 3.05) is 0 Å². The van der Waals surface area contributed by atoms with Crippen LogP contribution in [0.2, 0.25) is 0 Å². The molecule has 3 N–H and O–H groups in total. The van der Waals surface area contributed by atoms with Crippen molar-refractivity contribution >= 4 is 15.9 Å². The summed E-state index contributed by atoms with van der Waals surface area (Å²) in [5.41, 5.74) is 5.83. The zero-order valence-electron chi connectivity index (χ0n) is 10.8. The fraction of sp³-hybridized carbons (Fsp3) is 0.154. The molecule has 1 amide bonds. The Morgan fingerprint density at radius 1 is 1.21 bits per heavy atom. The number of allylic oxidation sites excluding steroid dienone is 3. The Labute approximate surface area is 112 Å². The van der Waals surface area contributed by atoms with Gasteiger partial charge in [-0.05, 0) is 44.2 Å². The van der Waals surface area contributed by atoms with Crippen molar-refractivity contribution in [1.82, 2.24) is 4.72 Å². The van der Waals surface area contributed by atoms with E-state index in [0.29, 0.717) is 5.70 Å². The van der Waals surface area contributed by atoms with Crippen LogP contribution in [-0.2, 0) is 10.0 Å². The molecule has 0 fully saturated rings. The third-order valence-electron chi connectivity index (χ3n) is 2.36. The van der Waals surface area contributed by atoms with E-state index in [1.807, 2.05) is 0 Å². The standard InChI is InChI=1S/C13H16N2O3S/c1-3-5-11(4-2)15-19(17,18)12-8-6-10(7-9-12)13(14)16/h3-9,15H,1-2H3,(H2,14,16)/b5-3-,11-4+. The summed E-state index contributed by atoms with van der Waals surface area (Å²) in [6.07, 6.45) is 5.03. The fourth-order valence-electron chi connectivity index (χ4n) is 1.38. The number of amides is 1. The minimum absolute atomic E-state index is 0.0707. The predicted molar refractivity (Wildman–Crippen MR) is 73.9 cm³/mol. The lowest BCUT2D eigenvalue weighted by Crippen LogP contribution is -2.22. The molecule has 6 heteroatoms. The first-order chi connectivity index (χ1) is 8.90. The van der Waals surface area contributed by atoms with Gasteiger partial charge in [-0.3, -0.25) is 9.52 Å². The highest BCUT2D eigenvalue weighted by Gasteiger charge is 2.14. The fourth-order valence-corrected chi connectivity index (χ4v) is 2.49. The summed E-state index contributed by atoms with van der Waals surface area (Å²) in [5.74, 6) is -0.597. The van der Waals surface area contributed by atoms with E-state index in [0.717, 1.165) is 0 Å². The second-order valence-electron chi connectivity index (χ2n) is 3.74. The Morgan fingerprint density at radius 3 is 2.21 bits per heavy atom. The molecule has 0 spiro atoms. The van der Waals surface area contributed by atoms with Gasteiger partial charge in [0.1, 0.15) is 0 Å². The van der Waals surface area contributed by atoms with Crippen LogP contribution in [0.15, 0.2) is 53.1 Å². The molecule has 0 aliphatic carbocycles. The van der Waals surface area contributed by atoms with Crippen LogP contribution in [0.25, 0.3) is 0 Å². The molecule has 0 unspecified atom stereocenters. The van der Waals surface area contributed by atoms with Gasteiger partial charge in [0.05, 0.1) is 4.90 Å². The number of carbonyl (C=O) groups excluding carboxylic acids is 1. The van der Waals surface area contributed by atoms with Crippen molar-refractivity contribution in [2.24, 2.45) is 5.73 Å². The molecule has 0 saturated carbocycles. The molecule has 0 radical (unpaired) electrons. The van der Waals surface area contributed by atoms with E-state index >= 15 is 0 Å². The van der Waals surface area contributed by atoms with Gasteiger partial charge in [0.25, 0.3) is 10.0 Å². The van der Waals surface area contributed by atoms with Crippen molar-refractivity contribution in [1.29, 1.82) is 0 Å². The largest absolute Gasteiger partial charge is 0.366 e. The van der Waals surface area contributed by atoms with Crippen LogP contribution < -0.4 is 10.5 Å². The maximum Gasteiger partial charge on any atom is 0.261 e. The molecule has 1 rings (SSSR count). The number of rotatable bonds is 5. The SMILES string of the molecule is C/C=C\C(=C/C)NS(=O)(=O)c1ccc(C(N)=O)cc1. The molecule has 0 aromatic heterocycles. The van der Waals surface area contributed by atoms with Crippen molar-refractivity contribution in [3.05, 3.63) is 53.8 Å². The van der Waals surface area contributed by atoms with Gasteiger partial charge >= 0.3 is 0 Å². The van der Waals surface area contributed by atoms with Gasteiger partial charge in [-0.2, -0.15) is 0 Å². The summed E-state index contributed by atoms with van der Waals surface area (Å²) >= 11 is 0. The highest BCUT2D eigenvalue weighted by molar-refractivity contribution is 7.89. The maximum atomic E-state index is 12.1. The smallest absolute Gasteiger partial charge is 0.261 e. The second kappa shape index (κ2) is 6.19. The van der Waals surface area contributed by atoms with Gasteiger partial charge in [-0.25, -0.2) is 8.42 Å². The quantitative estimate of drug-likeness (QED) is 0.802. The number of hydrogen-bond donors (Lipinski definition) is 2. The van der Waals surface area contributed by atoms with Gasteiger partial charge in [0, 0.05) is 11.3 Å². The Hall–Kier alpha value is -2.08. The topological polar surface area (TPSA) is 89.3 Å². The van der Waals surface area contributed by atoms with Gasteiger partial charge in [-0.15, -0.1) is 0 Å². The van der Waals surface area contributed by atoms with Crippen LogP contribution in [0.4, 0.5) is 0 Å². The molecular formula is C13H16N2O3S. The number of nitrogens with two attached hydrogens (primary N) is 1. The number of carbonyl (C=O) groups is 1. The van der Waals surface area contributed by atoms with Gasteiger partial charge < -0.3 is 5.73 Å². The number of hydrogen-bond acceptors (Lipinski definition) is 3. The third-order valence-corrected chi connectivity index (χ3v) is 3.76. The summed E-state index contributed by atoms with van der Waals surface area (Å²) in [7, 11) is -3.66. The highest BCUT2D eigenvalue weighted by atomic mass is 32.2. The van der Waals surface area contributed by atoms with E-state index in [-0.39, 0.29) is 10.5 Å². The predicted octanol–water partition coefficient (Wildman–Crippen LogP) is 1.54. The summed E-state index contributed by atoms with van der Waals surface area (Å²) in [4.78, 5) is 11.0. The van der Waals surface area contributed by atoms with Crippen LogP contribution in [-0.4, -0.2) is 14.3 Å². The molecule has 102 valence electrons. The second-order valence-corrected chi connectivity index (χ2v) is 5.42. The molecular weight excluding hydrogens is 264 g/mol. The summed E-state index contributed by atoms with van der Waals surface area (Å²) in [6.45, 7) is 3.52. The molecule has 0 bridgehead atoms. The van der Waals surface area contributed by atoms with Gasteiger partial charge in [-0.1, -0.05) is 12.2 Å². The lowest BCUT2D eigenvalue weighted by molar-refractivity contribution is 0.1000. The lowest BCUT2D eigenvalue weighted by atomic mass is 10.2. The minimum Gasteiger partial charge on any atom is -0.366 e. The molecule has 1 aromatic carbocycles. The van der Waals surface area contributed by atoms with Crippen LogP contribution in [0, 0.1) is 0 Å². The molecule has 0 atom stereocenters. The molecule has 5 nitrogen and oxygen atoms in total. The average molecular weight is 280 g/mol. The molecule has 0 saturated heterocycles. The maximum absolute atomic E-state index is 12.1. The van der Waals surface area contributed by atoms with Crippen molar-refractivity contribution in [3.8, 4) is 0 Å². The van der Waals surface area contributed by atoms with E-state index < -0.39 is 15.9 Å². The number of nitrogens with one attached hydrogen (secondary N) is 1. The van der Waals surface area contributed by atoms with E-state index in [2.05, 4.69) is 4.72 Å². The molecule has 0 aliphatic rings. The van der Waals surface area contributed by atoms with Crippen LogP contribution >= 0.6 is 0 Å². The minimum atomic E-state index is -3.66.